The smallest absolute Gasteiger partial charge is 0.0325 e. The fourth-order valence-corrected chi connectivity index (χ4v) is 1.84. The highest BCUT2D eigenvalue weighted by Crippen LogP contribution is 2.17. The lowest BCUT2D eigenvalue weighted by molar-refractivity contribution is 0.522. The third-order valence-electron chi connectivity index (χ3n) is 2.52. The van der Waals surface area contributed by atoms with Gasteiger partial charge < -0.3 is 10.3 Å². The van der Waals surface area contributed by atoms with Gasteiger partial charge in [-0.1, -0.05) is 25.1 Å². The summed E-state index contributed by atoms with van der Waals surface area (Å²) in [6.07, 6.45) is 0.864. The van der Waals surface area contributed by atoms with Crippen LogP contribution in [0.3, 0.4) is 0 Å². The molecule has 0 aromatic heterocycles. The molecule has 3 N–H and O–H groups in total. The minimum atomic E-state index is -2.22. The molecule has 1 unspecified atom stereocenters. The van der Waals surface area contributed by atoms with E-state index >= 15 is 0 Å². The highest BCUT2D eigenvalue weighted by atomic mass is 32.2. The van der Waals surface area contributed by atoms with Crippen molar-refractivity contribution in [3.05, 3.63) is 34.9 Å². The van der Waals surface area contributed by atoms with Crippen molar-refractivity contribution in [1.29, 1.82) is 0 Å². The average Bonchev–Trinajstić information content (AvgIpc) is 2.25. The number of nitrogens with two attached hydrogens (primary N) is 1. The van der Waals surface area contributed by atoms with Gasteiger partial charge in [-0.05, 0) is 30.0 Å². The topological polar surface area (TPSA) is 78.2 Å². The van der Waals surface area contributed by atoms with Crippen LogP contribution in [0.2, 0.25) is 0 Å². The minimum Gasteiger partial charge on any atom is -0.760 e. The molecule has 0 fully saturated rings. The normalized spacial score (nSPS) is 14.8. The van der Waals surface area contributed by atoms with Gasteiger partial charge in [-0.2, -0.15) is 0 Å². The van der Waals surface area contributed by atoms with Crippen LogP contribution >= 0.6 is 0 Å². The fraction of sp³-hybridized carbons (Fsp3) is 0.455. The number of nitrogens with one attached hydrogen (secondary N) is 1. The van der Waals surface area contributed by atoms with E-state index in [0.29, 0.717) is 6.54 Å². The molecule has 0 aliphatic rings. The summed E-state index contributed by atoms with van der Waals surface area (Å²) in [6, 6.07) is 5.90. The third-order valence-corrected chi connectivity index (χ3v) is 2.90. The van der Waals surface area contributed by atoms with Crippen LogP contribution in [0.1, 0.15) is 36.6 Å². The monoisotopic (exact) mass is 241 g/mol. The second-order valence-corrected chi connectivity index (χ2v) is 4.48. The van der Waals surface area contributed by atoms with Crippen molar-refractivity contribution in [3.63, 3.8) is 0 Å². The van der Waals surface area contributed by atoms with Gasteiger partial charge >= 0.3 is 0 Å². The minimum absolute atomic E-state index is 0.000879. The van der Waals surface area contributed by atoms with Gasteiger partial charge in [0.1, 0.15) is 0 Å². The van der Waals surface area contributed by atoms with Crippen LogP contribution in [0.25, 0.3) is 0 Å². The van der Waals surface area contributed by atoms with Crippen molar-refractivity contribution in [1.82, 2.24) is 4.72 Å². The van der Waals surface area contributed by atoms with Gasteiger partial charge in [0.15, 0.2) is 0 Å². The highest BCUT2D eigenvalue weighted by Gasteiger charge is 2.05. The fourth-order valence-electron chi connectivity index (χ4n) is 1.57. The van der Waals surface area contributed by atoms with Crippen LogP contribution in [-0.2, 0) is 24.2 Å². The predicted octanol–water partition coefficient (Wildman–Crippen LogP) is 1.15. The summed E-state index contributed by atoms with van der Waals surface area (Å²) in [5.74, 6) is 0. The summed E-state index contributed by atoms with van der Waals surface area (Å²) in [6.45, 7) is 4.30. The summed E-state index contributed by atoms with van der Waals surface area (Å²) in [4.78, 5) is 0. The van der Waals surface area contributed by atoms with E-state index in [0.717, 1.165) is 23.1 Å². The van der Waals surface area contributed by atoms with Crippen molar-refractivity contribution in [2.75, 3.05) is 0 Å². The van der Waals surface area contributed by atoms with E-state index in [1.54, 1.807) is 0 Å². The molecule has 0 saturated heterocycles. The molecule has 90 valence electrons. The molecule has 4 nitrogen and oxygen atoms in total. The van der Waals surface area contributed by atoms with Crippen molar-refractivity contribution < 1.29 is 8.76 Å². The Bertz CT molecular complexity index is 380. The van der Waals surface area contributed by atoms with Gasteiger partial charge in [-0.3, -0.25) is 4.21 Å². The Kier molecular flexibility index (Phi) is 5.08. The Balaban J connectivity index is 2.88. The van der Waals surface area contributed by atoms with Crippen LogP contribution in [0, 0.1) is 0 Å². The molecule has 1 aromatic carbocycles. The van der Waals surface area contributed by atoms with Crippen molar-refractivity contribution in [2.24, 2.45) is 5.73 Å². The highest BCUT2D eigenvalue weighted by molar-refractivity contribution is 7.77. The lowest BCUT2D eigenvalue weighted by atomic mass is 9.99. The maximum absolute atomic E-state index is 10.4. The number of aryl methyl sites for hydroxylation is 1. The zero-order chi connectivity index (χ0) is 12.1. The number of hydrogen-bond acceptors (Lipinski definition) is 3. The number of rotatable bonds is 5. The predicted molar refractivity (Wildman–Crippen MR) is 64.2 cm³/mol. The first-order chi connectivity index (χ1) is 7.54. The Labute approximate surface area is 98.7 Å². The molecule has 0 aliphatic carbocycles. The van der Waals surface area contributed by atoms with Crippen LogP contribution in [0.15, 0.2) is 18.2 Å². The quantitative estimate of drug-likeness (QED) is 0.759. The van der Waals surface area contributed by atoms with Crippen molar-refractivity contribution in [2.45, 2.75) is 32.9 Å². The molecule has 0 saturated carbocycles. The lowest BCUT2D eigenvalue weighted by Crippen LogP contribution is -2.17. The summed E-state index contributed by atoms with van der Waals surface area (Å²) in [5.41, 5.74) is 9.00. The molecule has 0 bridgehead atoms. The van der Waals surface area contributed by atoms with Crippen LogP contribution in [-0.4, -0.2) is 8.76 Å². The molecule has 0 heterocycles. The summed E-state index contributed by atoms with van der Waals surface area (Å²) < 4.78 is 23.2. The molecule has 1 aromatic rings. The molecule has 0 aliphatic heterocycles. The first kappa shape index (κ1) is 13.3. The van der Waals surface area contributed by atoms with E-state index in [9.17, 15) is 8.76 Å². The van der Waals surface area contributed by atoms with Crippen molar-refractivity contribution >= 4 is 11.3 Å². The molecule has 0 spiro atoms. The summed E-state index contributed by atoms with van der Waals surface area (Å²) in [5, 5.41) is 0. The molecule has 0 radical (unpaired) electrons. The van der Waals surface area contributed by atoms with E-state index in [-0.39, 0.29) is 6.04 Å². The maximum atomic E-state index is 10.4. The second-order valence-electron chi connectivity index (χ2n) is 3.73. The number of benzene rings is 1. The van der Waals surface area contributed by atoms with E-state index in [2.05, 4.69) is 4.72 Å². The average molecular weight is 241 g/mol. The second kappa shape index (κ2) is 6.10. The Morgan fingerprint density at radius 1 is 1.50 bits per heavy atom. The lowest BCUT2D eigenvalue weighted by Gasteiger charge is -2.14. The zero-order valence-corrected chi connectivity index (χ0v) is 10.3. The van der Waals surface area contributed by atoms with E-state index in [4.69, 9.17) is 5.73 Å². The molecule has 0 amide bonds. The summed E-state index contributed by atoms with van der Waals surface area (Å²) >= 11 is -2.22. The first-order valence-electron chi connectivity index (χ1n) is 5.24. The SMILES string of the molecule is CCc1cc([C@@H](C)N)ccc1CNS(=O)[O-]. The molecular weight excluding hydrogens is 224 g/mol. The van der Waals surface area contributed by atoms with E-state index in [1.807, 2.05) is 32.0 Å². The maximum Gasteiger partial charge on any atom is 0.0325 e. The standard InChI is InChI=1S/C11H18N2O2S/c1-3-9-6-10(8(2)12)4-5-11(9)7-13-16(14)15/h4-6,8,13H,3,7,12H2,1-2H3,(H,14,15)/p-1/t8-/m1/s1. The van der Waals surface area contributed by atoms with E-state index < -0.39 is 11.3 Å². The molecule has 1 rings (SSSR count). The zero-order valence-electron chi connectivity index (χ0n) is 9.53. The van der Waals surface area contributed by atoms with Crippen LogP contribution in [0.4, 0.5) is 0 Å². The van der Waals surface area contributed by atoms with E-state index in [1.165, 1.54) is 0 Å². The summed E-state index contributed by atoms with van der Waals surface area (Å²) in [7, 11) is 0. The van der Waals surface area contributed by atoms with Gasteiger partial charge in [0, 0.05) is 23.9 Å². The molecule has 5 heteroatoms. The van der Waals surface area contributed by atoms with Crippen LogP contribution in [0.5, 0.6) is 0 Å². The first-order valence-corrected chi connectivity index (χ1v) is 6.32. The van der Waals surface area contributed by atoms with Gasteiger partial charge in [0.25, 0.3) is 0 Å². The molecule has 16 heavy (non-hydrogen) atoms. The Hall–Kier alpha value is -0.750. The van der Waals surface area contributed by atoms with Crippen molar-refractivity contribution in [3.8, 4) is 0 Å². The largest absolute Gasteiger partial charge is 0.760 e. The Morgan fingerprint density at radius 3 is 2.69 bits per heavy atom. The van der Waals surface area contributed by atoms with Gasteiger partial charge in [0.2, 0.25) is 0 Å². The molecular formula is C11H17N2O2S-. The number of hydrogen-bond donors (Lipinski definition) is 2. The van der Waals surface area contributed by atoms with Crippen LogP contribution < -0.4 is 10.5 Å². The van der Waals surface area contributed by atoms with Gasteiger partial charge in [-0.25, -0.2) is 4.72 Å². The third kappa shape index (κ3) is 3.68. The molecule has 2 atom stereocenters. The Morgan fingerprint density at radius 2 is 2.19 bits per heavy atom. The van der Waals surface area contributed by atoms with Gasteiger partial charge in [-0.15, -0.1) is 0 Å². The van der Waals surface area contributed by atoms with Gasteiger partial charge in [0.05, 0.1) is 0 Å².